The Labute approximate surface area is 113 Å². The van der Waals surface area contributed by atoms with E-state index in [4.69, 9.17) is 5.11 Å². The minimum Gasteiger partial charge on any atom is -0.478 e. The second kappa shape index (κ2) is 5.70. The molecule has 0 bridgehead atoms. The van der Waals surface area contributed by atoms with Crippen molar-refractivity contribution in [2.75, 3.05) is 6.54 Å². The third kappa shape index (κ3) is 3.13. The molecule has 1 aliphatic heterocycles. The standard InChI is InChI=1S/C15H20FNO2/c1-10(2)14-4-3-7-17(14)9-12-6-5-11(15(18)19)8-13(12)16/h5-6,8,10,14H,3-4,7,9H2,1-2H3,(H,18,19). The summed E-state index contributed by atoms with van der Waals surface area (Å²) in [7, 11) is 0. The van der Waals surface area contributed by atoms with E-state index in [-0.39, 0.29) is 5.56 Å². The third-order valence-corrected chi connectivity index (χ3v) is 3.86. The van der Waals surface area contributed by atoms with Gasteiger partial charge in [-0.15, -0.1) is 0 Å². The van der Waals surface area contributed by atoms with Crippen molar-refractivity contribution in [3.8, 4) is 0 Å². The summed E-state index contributed by atoms with van der Waals surface area (Å²) in [5, 5.41) is 8.82. The Balaban J connectivity index is 2.13. The summed E-state index contributed by atoms with van der Waals surface area (Å²) in [4.78, 5) is 13.1. The molecule has 1 N–H and O–H groups in total. The summed E-state index contributed by atoms with van der Waals surface area (Å²) in [5.74, 6) is -0.954. The Morgan fingerprint density at radius 2 is 2.26 bits per heavy atom. The molecule has 0 amide bonds. The molecular formula is C15H20FNO2. The van der Waals surface area contributed by atoms with Gasteiger partial charge in [0, 0.05) is 18.2 Å². The zero-order valence-electron chi connectivity index (χ0n) is 11.4. The quantitative estimate of drug-likeness (QED) is 0.909. The lowest BCUT2D eigenvalue weighted by Crippen LogP contribution is -2.33. The minimum absolute atomic E-state index is 0.00285. The molecule has 3 nitrogen and oxygen atoms in total. The Hall–Kier alpha value is -1.42. The van der Waals surface area contributed by atoms with Gasteiger partial charge in [0.05, 0.1) is 5.56 Å². The smallest absolute Gasteiger partial charge is 0.335 e. The van der Waals surface area contributed by atoms with E-state index in [1.54, 1.807) is 6.07 Å². The van der Waals surface area contributed by atoms with Crippen molar-refractivity contribution in [3.05, 3.63) is 35.1 Å². The van der Waals surface area contributed by atoms with Crippen molar-refractivity contribution in [2.24, 2.45) is 5.92 Å². The molecule has 1 saturated heterocycles. The van der Waals surface area contributed by atoms with Gasteiger partial charge in [-0.05, 0) is 37.4 Å². The average Bonchev–Trinajstić information content (AvgIpc) is 2.79. The summed E-state index contributed by atoms with van der Waals surface area (Å²) in [6.07, 6.45) is 2.31. The van der Waals surface area contributed by atoms with E-state index in [1.807, 2.05) is 0 Å². The molecule has 0 radical (unpaired) electrons. The van der Waals surface area contributed by atoms with Crippen molar-refractivity contribution in [1.82, 2.24) is 4.90 Å². The van der Waals surface area contributed by atoms with Gasteiger partial charge in [-0.3, -0.25) is 4.90 Å². The van der Waals surface area contributed by atoms with Crippen LogP contribution >= 0.6 is 0 Å². The van der Waals surface area contributed by atoms with Gasteiger partial charge >= 0.3 is 5.97 Å². The fourth-order valence-corrected chi connectivity index (χ4v) is 2.83. The first kappa shape index (κ1) is 14.0. The van der Waals surface area contributed by atoms with Crippen LogP contribution in [0.3, 0.4) is 0 Å². The molecule has 4 heteroatoms. The molecule has 104 valence electrons. The number of carboxylic acid groups (broad SMARTS) is 1. The SMILES string of the molecule is CC(C)C1CCCN1Cc1ccc(C(=O)O)cc1F. The maximum atomic E-state index is 13.9. The van der Waals surface area contributed by atoms with E-state index < -0.39 is 11.8 Å². The first-order valence-corrected chi connectivity index (χ1v) is 6.75. The molecule has 0 aliphatic carbocycles. The molecule has 2 rings (SSSR count). The van der Waals surface area contributed by atoms with Gasteiger partial charge < -0.3 is 5.11 Å². The number of likely N-dealkylation sites (tertiary alicyclic amines) is 1. The third-order valence-electron chi connectivity index (χ3n) is 3.86. The molecule has 0 spiro atoms. The van der Waals surface area contributed by atoms with Crippen molar-refractivity contribution >= 4 is 5.97 Å². The number of carboxylic acids is 1. The number of hydrogen-bond donors (Lipinski definition) is 1. The van der Waals surface area contributed by atoms with Crippen molar-refractivity contribution in [2.45, 2.75) is 39.3 Å². The highest BCUT2D eigenvalue weighted by Crippen LogP contribution is 2.26. The van der Waals surface area contributed by atoms with Crippen LogP contribution in [0.5, 0.6) is 0 Å². The summed E-state index contributed by atoms with van der Waals surface area (Å²) in [6.45, 7) is 5.93. The molecule has 1 aromatic carbocycles. The van der Waals surface area contributed by atoms with Crippen molar-refractivity contribution in [3.63, 3.8) is 0 Å². The maximum absolute atomic E-state index is 13.9. The monoisotopic (exact) mass is 265 g/mol. The molecular weight excluding hydrogens is 245 g/mol. The van der Waals surface area contributed by atoms with E-state index in [9.17, 15) is 9.18 Å². The Bertz CT molecular complexity index is 473. The van der Waals surface area contributed by atoms with Crippen LogP contribution in [0.25, 0.3) is 0 Å². The first-order chi connectivity index (χ1) is 8.99. The van der Waals surface area contributed by atoms with Gasteiger partial charge in [-0.25, -0.2) is 9.18 Å². The highest BCUT2D eigenvalue weighted by molar-refractivity contribution is 5.87. The van der Waals surface area contributed by atoms with E-state index in [0.29, 0.717) is 24.1 Å². The number of benzene rings is 1. The molecule has 0 saturated carbocycles. The van der Waals surface area contributed by atoms with Crippen molar-refractivity contribution in [1.29, 1.82) is 0 Å². The normalized spacial score (nSPS) is 20.1. The predicted molar refractivity (Wildman–Crippen MR) is 71.6 cm³/mol. The van der Waals surface area contributed by atoms with Gasteiger partial charge in [0.15, 0.2) is 0 Å². The number of nitrogens with zero attached hydrogens (tertiary/aromatic N) is 1. The van der Waals surface area contributed by atoms with E-state index in [2.05, 4.69) is 18.7 Å². The summed E-state index contributed by atoms with van der Waals surface area (Å²) in [6, 6.07) is 4.67. The minimum atomic E-state index is -1.09. The predicted octanol–water partition coefficient (Wildman–Crippen LogP) is 3.14. The van der Waals surface area contributed by atoms with Crippen LogP contribution in [0.4, 0.5) is 4.39 Å². The van der Waals surface area contributed by atoms with Crippen LogP contribution in [-0.4, -0.2) is 28.6 Å². The van der Waals surface area contributed by atoms with E-state index >= 15 is 0 Å². The Morgan fingerprint density at radius 1 is 1.53 bits per heavy atom. The topological polar surface area (TPSA) is 40.5 Å². The van der Waals surface area contributed by atoms with Crippen LogP contribution in [-0.2, 0) is 6.54 Å². The molecule has 1 aliphatic rings. The van der Waals surface area contributed by atoms with Gasteiger partial charge in [-0.2, -0.15) is 0 Å². The lowest BCUT2D eigenvalue weighted by molar-refractivity contribution is 0.0696. The zero-order chi connectivity index (χ0) is 14.0. The van der Waals surface area contributed by atoms with Gasteiger partial charge in [0.25, 0.3) is 0 Å². The molecule has 1 fully saturated rings. The second-order valence-electron chi connectivity index (χ2n) is 5.54. The molecule has 1 unspecified atom stereocenters. The highest BCUT2D eigenvalue weighted by atomic mass is 19.1. The summed E-state index contributed by atoms with van der Waals surface area (Å²) in [5.41, 5.74) is 0.584. The van der Waals surface area contributed by atoms with Crippen LogP contribution < -0.4 is 0 Å². The fourth-order valence-electron chi connectivity index (χ4n) is 2.83. The lowest BCUT2D eigenvalue weighted by Gasteiger charge is -2.27. The number of carbonyl (C=O) groups is 1. The van der Waals surface area contributed by atoms with Crippen LogP contribution in [0, 0.1) is 11.7 Å². The zero-order valence-corrected chi connectivity index (χ0v) is 11.4. The van der Waals surface area contributed by atoms with Crippen LogP contribution in [0.2, 0.25) is 0 Å². The van der Waals surface area contributed by atoms with E-state index in [0.717, 1.165) is 25.5 Å². The molecule has 1 atom stereocenters. The fraction of sp³-hybridized carbons (Fsp3) is 0.533. The van der Waals surface area contributed by atoms with E-state index in [1.165, 1.54) is 6.07 Å². The first-order valence-electron chi connectivity index (χ1n) is 6.75. The van der Waals surface area contributed by atoms with Crippen LogP contribution in [0.15, 0.2) is 18.2 Å². The average molecular weight is 265 g/mol. The number of hydrogen-bond acceptors (Lipinski definition) is 2. The summed E-state index contributed by atoms with van der Waals surface area (Å²) < 4.78 is 13.9. The Kier molecular flexibility index (Phi) is 4.20. The maximum Gasteiger partial charge on any atom is 0.335 e. The Morgan fingerprint density at radius 3 is 2.84 bits per heavy atom. The van der Waals surface area contributed by atoms with Gasteiger partial charge in [0.2, 0.25) is 0 Å². The highest BCUT2D eigenvalue weighted by Gasteiger charge is 2.27. The molecule has 1 heterocycles. The molecule has 19 heavy (non-hydrogen) atoms. The molecule has 1 aromatic rings. The summed E-state index contributed by atoms with van der Waals surface area (Å²) >= 11 is 0. The largest absolute Gasteiger partial charge is 0.478 e. The second-order valence-corrected chi connectivity index (χ2v) is 5.54. The van der Waals surface area contributed by atoms with Crippen molar-refractivity contribution < 1.29 is 14.3 Å². The van der Waals surface area contributed by atoms with Crippen LogP contribution in [0.1, 0.15) is 42.6 Å². The van der Waals surface area contributed by atoms with Gasteiger partial charge in [-0.1, -0.05) is 19.9 Å². The van der Waals surface area contributed by atoms with Gasteiger partial charge in [0.1, 0.15) is 5.82 Å². The molecule has 0 aromatic heterocycles. The number of aromatic carboxylic acids is 1. The lowest BCUT2D eigenvalue weighted by atomic mass is 10.0. The number of halogens is 1. The number of rotatable bonds is 4.